The first kappa shape index (κ1) is 52.1. The van der Waals surface area contributed by atoms with Crippen LogP contribution in [0.5, 0.6) is 0 Å². The van der Waals surface area contributed by atoms with Crippen LogP contribution in [0.3, 0.4) is 0 Å². The summed E-state index contributed by atoms with van der Waals surface area (Å²) >= 11 is 0. The highest BCUT2D eigenvalue weighted by Crippen LogP contribution is 2.43. The van der Waals surface area contributed by atoms with E-state index in [-0.39, 0.29) is 0 Å². The highest BCUT2D eigenvalue weighted by molar-refractivity contribution is 6.19. The minimum absolute atomic E-state index is 1.10. The van der Waals surface area contributed by atoms with Crippen molar-refractivity contribution in [2.24, 2.45) is 7.05 Å². The Labute approximate surface area is 512 Å². The molecule has 2 aromatic heterocycles. The number of fused-ring (bicyclic) bond motifs is 7. The second kappa shape index (κ2) is 21.9. The lowest BCUT2D eigenvalue weighted by atomic mass is 9.97. The molecule has 16 rings (SSSR count). The third-order valence-corrected chi connectivity index (χ3v) is 18.0. The van der Waals surface area contributed by atoms with E-state index >= 15 is 0 Å². The van der Waals surface area contributed by atoms with Crippen LogP contribution in [0, 0.1) is 0 Å². The summed E-state index contributed by atoms with van der Waals surface area (Å²) in [5.41, 5.74) is 26.0. The molecule has 0 fully saturated rings. The average Bonchev–Trinajstić information content (AvgIpc) is 1.67. The van der Waals surface area contributed by atoms with Gasteiger partial charge in [-0.1, -0.05) is 224 Å². The topological polar surface area (TPSA) is 16.3 Å². The number of anilines is 5. The van der Waals surface area contributed by atoms with Gasteiger partial charge in [-0.15, -0.1) is 0 Å². The quantitative estimate of drug-likeness (QED) is 0.121. The maximum Gasteiger partial charge on any atom is 0.0547 e. The van der Waals surface area contributed by atoms with Crippen molar-refractivity contribution in [1.82, 2.24) is 9.13 Å². The van der Waals surface area contributed by atoms with Crippen molar-refractivity contribution >= 4 is 82.8 Å². The SMILES string of the molecule is CN(c1ccccc1)c1ccc(-c2cccc3c2c2cc4ccccc4cc2n3-c2ccc(-c3ccc(-c4ccc(-c5ccc(N(c6ccccc6)c6ccc(-c7ccc(-c8cccc9c8c8ccccc8n9C)cc7)cc6)cc5)cc4)cc3)cc2)cc1. The zero-order valence-corrected chi connectivity index (χ0v) is 49.0. The summed E-state index contributed by atoms with van der Waals surface area (Å²) in [4.78, 5) is 4.56. The van der Waals surface area contributed by atoms with Gasteiger partial charge in [-0.05, 0) is 181 Å². The second-order valence-electron chi connectivity index (χ2n) is 23.0. The molecule has 4 heteroatoms. The molecule has 2 heterocycles. The Hall–Kier alpha value is -11.5. The van der Waals surface area contributed by atoms with Crippen molar-refractivity contribution in [2.45, 2.75) is 0 Å². The highest BCUT2D eigenvalue weighted by atomic mass is 15.1. The molecule has 88 heavy (non-hydrogen) atoms. The zero-order valence-electron chi connectivity index (χ0n) is 49.0. The van der Waals surface area contributed by atoms with Gasteiger partial charge < -0.3 is 18.9 Å². The number of hydrogen-bond acceptors (Lipinski definition) is 2. The van der Waals surface area contributed by atoms with E-state index in [1.54, 1.807) is 0 Å². The van der Waals surface area contributed by atoms with Crippen LogP contribution in [0.15, 0.2) is 328 Å². The van der Waals surface area contributed by atoms with Crippen LogP contribution < -0.4 is 9.80 Å². The maximum absolute atomic E-state index is 2.44. The Balaban J connectivity index is 0.628. The molecule has 16 aromatic rings. The van der Waals surface area contributed by atoms with Crippen LogP contribution >= 0.6 is 0 Å². The van der Waals surface area contributed by atoms with E-state index in [9.17, 15) is 0 Å². The Bertz CT molecular complexity index is 5200. The van der Waals surface area contributed by atoms with Gasteiger partial charge in [0.25, 0.3) is 0 Å². The minimum atomic E-state index is 1.10. The molecule has 0 unspecified atom stereocenters. The number of hydrogen-bond donors (Lipinski definition) is 0. The van der Waals surface area contributed by atoms with E-state index in [2.05, 4.69) is 361 Å². The molecule has 4 nitrogen and oxygen atoms in total. The largest absolute Gasteiger partial charge is 0.345 e. The lowest BCUT2D eigenvalue weighted by molar-refractivity contribution is 1.01. The maximum atomic E-state index is 2.44. The van der Waals surface area contributed by atoms with Gasteiger partial charge >= 0.3 is 0 Å². The number of para-hydroxylation sites is 3. The van der Waals surface area contributed by atoms with Crippen molar-refractivity contribution in [1.29, 1.82) is 0 Å². The molecular formula is C84H60N4. The van der Waals surface area contributed by atoms with Gasteiger partial charge in [0.2, 0.25) is 0 Å². The van der Waals surface area contributed by atoms with E-state index in [1.807, 2.05) is 0 Å². The van der Waals surface area contributed by atoms with Gasteiger partial charge in [-0.2, -0.15) is 0 Å². The van der Waals surface area contributed by atoms with Gasteiger partial charge in [0.05, 0.1) is 11.0 Å². The average molecular weight is 1130 g/mol. The molecule has 0 aliphatic heterocycles. The lowest BCUT2D eigenvalue weighted by Crippen LogP contribution is -2.09. The second-order valence-corrected chi connectivity index (χ2v) is 23.0. The van der Waals surface area contributed by atoms with E-state index in [4.69, 9.17) is 0 Å². The molecule has 14 aromatic carbocycles. The molecule has 0 radical (unpaired) electrons. The molecule has 0 saturated heterocycles. The van der Waals surface area contributed by atoms with Crippen LogP contribution in [-0.4, -0.2) is 16.2 Å². The Morgan fingerprint density at radius 1 is 0.250 bits per heavy atom. The molecule has 0 aliphatic carbocycles. The molecule has 0 amide bonds. The van der Waals surface area contributed by atoms with Crippen molar-refractivity contribution in [3.05, 3.63) is 328 Å². The summed E-state index contributed by atoms with van der Waals surface area (Å²) in [7, 11) is 4.28. The van der Waals surface area contributed by atoms with Crippen LogP contribution in [0.25, 0.3) is 127 Å². The van der Waals surface area contributed by atoms with Gasteiger partial charge in [-0.25, -0.2) is 0 Å². The fourth-order valence-electron chi connectivity index (χ4n) is 13.4. The normalized spacial score (nSPS) is 11.5. The molecular weight excluding hydrogens is 1060 g/mol. The van der Waals surface area contributed by atoms with E-state index in [1.165, 1.54) is 121 Å². The molecule has 0 aliphatic rings. The molecule has 0 N–H and O–H groups in total. The fourth-order valence-corrected chi connectivity index (χ4v) is 13.4. The van der Waals surface area contributed by atoms with Gasteiger partial charge in [0, 0.05) is 80.8 Å². The van der Waals surface area contributed by atoms with Crippen LogP contribution in [0.1, 0.15) is 0 Å². The van der Waals surface area contributed by atoms with Gasteiger partial charge in [0.1, 0.15) is 0 Å². The number of benzene rings is 14. The monoisotopic (exact) mass is 1120 g/mol. The highest BCUT2D eigenvalue weighted by Gasteiger charge is 2.20. The Morgan fingerprint density at radius 2 is 0.602 bits per heavy atom. The Kier molecular flexibility index (Phi) is 13.0. The minimum Gasteiger partial charge on any atom is -0.345 e. The van der Waals surface area contributed by atoms with Crippen molar-refractivity contribution in [3.63, 3.8) is 0 Å². The summed E-state index contributed by atoms with van der Waals surface area (Å²) in [6.07, 6.45) is 0. The first-order chi connectivity index (χ1) is 43.5. The van der Waals surface area contributed by atoms with Crippen LogP contribution in [0.4, 0.5) is 28.4 Å². The summed E-state index contributed by atoms with van der Waals surface area (Å²) in [5.74, 6) is 0. The molecule has 0 spiro atoms. The number of rotatable bonds is 12. The van der Waals surface area contributed by atoms with Gasteiger partial charge in [0.15, 0.2) is 0 Å². The summed E-state index contributed by atoms with van der Waals surface area (Å²) in [6, 6.07) is 120. The van der Waals surface area contributed by atoms with Gasteiger partial charge in [-0.3, -0.25) is 0 Å². The van der Waals surface area contributed by atoms with Crippen LogP contribution in [-0.2, 0) is 7.05 Å². The smallest absolute Gasteiger partial charge is 0.0547 e. The first-order valence-electron chi connectivity index (χ1n) is 30.2. The Morgan fingerprint density at radius 3 is 1.12 bits per heavy atom. The van der Waals surface area contributed by atoms with E-state index < -0.39 is 0 Å². The fraction of sp³-hybridized carbons (Fsp3) is 0.0238. The molecule has 0 atom stereocenters. The predicted molar refractivity (Wildman–Crippen MR) is 374 cm³/mol. The van der Waals surface area contributed by atoms with E-state index in [0.29, 0.717) is 0 Å². The standard InChI is InChI=1S/C84H60N4/c1-85(69-17-5-3-6-18-69)70-47-45-66(46-48-70)76-23-14-26-81-84(76)78-55-67-15-9-10-16-68(67)56-82(78)88(81)74-53-43-64(44-54-74)60-33-29-58(30-34-60)57-27-31-59(32-28-57)62-39-49-72(50-40-62)87(71-19-7-4-8-20-71)73-51-41-63(42-52-73)61-35-37-65(38-36-61)75-22-13-25-80-83(75)77-21-11-12-24-79(77)86(80)2/h3-56H,1-2H3. The molecule has 416 valence electrons. The summed E-state index contributed by atoms with van der Waals surface area (Å²) in [5, 5.41) is 7.55. The summed E-state index contributed by atoms with van der Waals surface area (Å²) < 4.78 is 4.74. The predicted octanol–water partition coefficient (Wildman–Crippen LogP) is 22.8. The van der Waals surface area contributed by atoms with E-state index in [0.717, 1.165) is 34.1 Å². The van der Waals surface area contributed by atoms with Crippen molar-refractivity contribution < 1.29 is 0 Å². The molecule has 0 bridgehead atoms. The lowest BCUT2D eigenvalue weighted by Gasteiger charge is -2.26. The first-order valence-corrected chi connectivity index (χ1v) is 30.2. The summed E-state index contributed by atoms with van der Waals surface area (Å²) in [6.45, 7) is 0. The third kappa shape index (κ3) is 9.27. The molecule has 0 saturated carbocycles. The number of aryl methyl sites for hydroxylation is 1. The van der Waals surface area contributed by atoms with Crippen molar-refractivity contribution in [2.75, 3.05) is 16.8 Å². The zero-order chi connectivity index (χ0) is 58.7. The number of nitrogens with zero attached hydrogens (tertiary/aromatic N) is 4. The third-order valence-electron chi connectivity index (χ3n) is 18.0. The van der Waals surface area contributed by atoms with Crippen molar-refractivity contribution in [3.8, 4) is 72.4 Å². The number of aromatic nitrogens is 2. The van der Waals surface area contributed by atoms with Crippen LogP contribution in [0.2, 0.25) is 0 Å².